The summed E-state index contributed by atoms with van der Waals surface area (Å²) in [7, 11) is -3.20. The highest BCUT2D eigenvalue weighted by molar-refractivity contribution is 7.89. The molecule has 1 atom stereocenters. The number of halogens is 1. The summed E-state index contributed by atoms with van der Waals surface area (Å²) < 4.78 is 25.7. The fourth-order valence-electron chi connectivity index (χ4n) is 1.16. The van der Waals surface area contributed by atoms with Gasteiger partial charge in [0.1, 0.15) is 0 Å². The molecule has 1 unspecified atom stereocenters. The predicted molar refractivity (Wildman–Crippen MR) is 65.0 cm³/mol. The number of hydrogen-bond acceptors (Lipinski definition) is 3. The molecule has 1 aromatic heterocycles. The van der Waals surface area contributed by atoms with Crippen molar-refractivity contribution in [3.63, 3.8) is 0 Å². The SMILES string of the molecule is CC(NS(=O)(=O)CCCCl)c1ccsc1. The Bertz CT molecular complexity index is 375. The van der Waals surface area contributed by atoms with E-state index in [4.69, 9.17) is 11.6 Å². The average molecular weight is 268 g/mol. The quantitative estimate of drug-likeness (QED) is 0.805. The van der Waals surface area contributed by atoms with Gasteiger partial charge in [-0.25, -0.2) is 13.1 Å². The Kier molecular flexibility index (Phi) is 5.05. The van der Waals surface area contributed by atoms with Crippen LogP contribution in [0, 0.1) is 0 Å². The van der Waals surface area contributed by atoms with E-state index in [2.05, 4.69) is 4.72 Å². The molecular formula is C9H14ClNO2S2. The summed E-state index contributed by atoms with van der Waals surface area (Å²) in [6, 6.07) is 1.75. The van der Waals surface area contributed by atoms with Crippen LogP contribution in [0.3, 0.4) is 0 Å². The third-order valence-electron chi connectivity index (χ3n) is 1.95. The molecule has 3 nitrogen and oxygen atoms in total. The van der Waals surface area contributed by atoms with Crippen molar-refractivity contribution in [2.75, 3.05) is 11.6 Å². The van der Waals surface area contributed by atoms with Crippen molar-refractivity contribution in [3.05, 3.63) is 22.4 Å². The zero-order valence-electron chi connectivity index (χ0n) is 8.44. The van der Waals surface area contributed by atoms with Gasteiger partial charge in [-0.1, -0.05) is 0 Å². The van der Waals surface area contributed by atoms with E-state index >= 15 is 0 Å². The maximum Gasteiger partial charge on any atom is 0.212 e. The highest BCUT2D eigenvalue weighted by atomic mass is 35.5. The van der Waals surface area contributed by atoms with Crippen LogP contribution in [0.25, 0.3) is 0 Å². The van der Waals surface area contributed by atoms with Crippen molar-refractivity contribution in [1.29, 1.82) is 0 Å². The number of thiophene rings is 1. The molecule has 0 spiro atoms. The van der Waals surface area contributed by atoms with Crippen LogP contribution in [0.4, 0.5) is 0 Å². The van der Waals surface area contributed by atoms with Crippen LogP contribution in [0.15, 0.2) is 16.8 Å². The van der Waals surface area contributed by atoms with E-state index in [-0.39, 0.29) is 11.8 Å². The fraction of sp³-hybridized carbons (Fsp3) is 0.556. The summed E-state index contributed by atoms with van der Waals surface area (Å²) in [6.07, 6.45) is 0.479. The number of nitrogens with one attached hydrogen (secondary N) is 1. The lowest BCUT2D eigenvalue weighted by atomic mass is 10.2. The number of rotatable bonds is 6. The molecule has 1 rings (SSSR count). The van der Waals surface area contributed by atoms with Gasteiger partial charge in [-0.05, 0) is 35.7 Å². The summed E-state index contributed by atoms with van der Waals surface area (Å²) in [6.45, 7) is 1.83. The van der Waals surface area contributed by atoms with Gasteiger partial charge in [-0.15, -0.1) is 11.6 Å². The van der Waals surface area contributed by atoms with E-state index in [1.807, 2.05) is 23.8 Å². The van der Waals surface area contributed by atoms with Crippen molar-refractivity contribution in [2.45, 2.75) is 19.4 Å². The van der Waals surface area contributed by atoms with Crippen LogP contribution < -0.4 is 4.72 Å². The number of hydrogen-bond donors (Lipinski definition) is 1. The Morgan fingerprint density at radius 3 is 2.87 bits per heavy atom. The molecule has 15 heavy (non-hydrogen) atoms. The maximum absolute atomic E-state index is 11.5. The highest BCUT2D eigenvalue weighted by Crippen LogP contribution is 2.16. The molecule has 0 fully saturated rings. The molecule has 0 aromatic carbocycles. The third-order valence-corrected chi connectivity index (χ3v) is 4.45. The predicted octanol–water partition coefficient (Wildman–Crippen LogP) is 2.36. The van der Waals surface area contributed by atoms with Gasteiger partial charge < -0.3 is 0 Å². The normalized spacial score (nSPS) is 14.0. The summed E-state index contributed by atoms with van der Waals surface area (Å²) >= 11 is 7.01. The zero-order valence-corrected chi connectivity index (χ0v) is 10.8. The van der Waals surface area contributed by atoms with E-state index in [0.717, 1.165) is 5.56 Å². The first-order valence-electron chi connectivity index (χ1n) is 4.63. The van der Waals surface area contributed by atoms with Crippen LogP contribution in [-0.4, -0.2) is 20.1 Å². The van der Waals surface area contributed by atoms with Gasteiger partial charge >= 0.3 is 0 Å². The van der Waals surface area contributed by atoms with Crippen molar-refractivity contribution in [1.82, 2.24) is 4.72 Å². The molecular weight excluding hydrogens is 254 g/mol. The maximum atomic E-state index is 11.5. The van der Waals surface area contributed by atoms with Gasteiger partial charge in [0.05, 0.1) is 5.75 Å². The first kappa shape index (κ1) is 13.0. The van der Waals surface area contributed by atoms with Crippen molar-refractivity contribution < 1.29 is 8.42 Å². The molecule has 0 amide bonds. The number of sulfonamides is 1. The molecule has 0 bridgehead atoms. The van der Waals surface area contributed by atoms with Crippen molar-refractivity contribution in [2.24, 2.45) is 0 Å². The molecule has 0 aliphatic rings. The lowest BCUT2D eigenvalue weighted by Crippen LogP contribution is -2.29. The van der Waals surface area contributed by atoms with Gasteiger partial charge in [0.25, 0.3) is 0 Å². The Balaban J connectivity index is 2.54. The van der Waals surface area contributed by atoms with E-state index in [0.29, 0.717) is 12.3 Å². The lowest BCUT2D eigenvalue weighted by molar-refractivity contribution is 0.566. The van der Waals surface area contributed by atoms with E-state index < -0.39 is 10.0 Å². The highest BCUT2D eigenvalue weighted by Gasteiger charge is 2.15. The summed E-state index contributed by atoms with van der Waals surface area (Å²) in [5.74, 6) is 0.457. The standard InChI is InChI=1S/C9H14ClNO2S2/c1-8(9-3-5-14-7-9)11-15(12,13)6-2-4-10/h3,5,7-8,11H,2,4,6H2,1H3. The topological polar surface area (TPSA) is 46.2 Å². The Hall–Kier alpha value is -0.100. The molecule has 1 N–H and O–H groups in total. The van der Waals surface area contributed by atoms with Gasteiger partial charge in [0.15, 0.2) is 0 Å². The fourth-order valence-corrected chi connectivity index (χ4v) is 3.53. The smallest absolute Gasteiger partial charge is 0.212 e. The van der Waals surface area contributed by atoms with E-state index in [1.54, 1.807) is 11.3 Å². The van der Waals surface area contributed by atoms with Crippen LogP contribution in [0.2, 0.25) is 0 Å². The summed E-state index contributed by atoms with van der Waals surface area (Å²) in [5, 5.41) is 3.87. The second kappa shape index (κ2) is 5.84. The van der Waals surface area contributed by atoms with Crippen LogP contribution in [-0.2, 0) is 10.0 Å². The first-order valence-corrected chi connectivity index (χ1v) is 7.76. The van der Waals surface area contributed by atoms with Crippen molar-refractivity contribution in [3.8, 4) is 0 Å². The van der Waals surface area contributed by atoms with E-state index in [1.165, 1.54) is 0 Å². The second-order valence-electron chi connectivity index (χ2n) is 3.26. The largest absolute Gasteiger partial charge is 0.212 e. The van der Waals surface area contributed by atoms with Gasteiger partial charge in [0, 0.05) is 11.9 Å². The number of alkyl halides is 1. The van der Waals surface area contributed by atoms with Gasteiger partial charge in [0.2, 0.25) is 10.0 Å². The van der Waals surface area contributed by atoms with Crippen LogP contribution in [0.5, 0.6) is 0 Å². The van der Waals surface area contributed by atoms with Crippen LogP contribution in [0.1, 0.15) is 24.9 Å². The van der Waals surface area contributed by atoms with Gasteiger partial charge in [-0.3, -0.25) is 0 Å². The Morgan fingerprint density at radius 2 is 2.33 bits per heavy atom. The molecule has 0 aliphatic carbocycles. The minimum Gasteiger partial charge on any atom is -0.212 e. The molecule has 1 aromatic rings. The minimum absolute atomic E-state index is 0.0883. The molecule has 0 saturated heterocycles. The van der Waals surface area contributed by atoms with E-state index in [9.17, 15) is 8.42 Å². The lowest BCUT2D eigenvalue weighted by Gasteiger charge is -2.12. The Morgan fingerprint density at radius 1 is 1.60 bits per heavy atom. The van der Waals surface area contributed by atoms with Gasteiger partial charge in [-0.2, -0.15) is 11.3 Å². The molecule has 1 heterocycles. The second-order valence-corrected chi connectivity index (χ2v) is 6.29. The summed E-state index contributed by atoms with van der Waals surface area (Å²) in [5.41, 5.74) is 0.995. The van der Waals surface area contributed by atoms with Crippen molar-refractivity contribution >= 4 is 33.0 Å². The molecule has 0 aliphatic heterocycles. The summed E-state index contributed by atoms with van der Waals surface area (Å²) in [4.78, 5) is 0. The average Bonchev–Trinajstić information content (AvgIpc) is 2.67. The Labute approximate surface area is 99.5 Å². The third kappa shape index (κ3) is 4.51. The molecule has 86 valence electrons. The monoisotopic (exact) mass is 267 g/mol. The first-order chi connectivity index (χ1) is 7.05. The molecule has 0 saturated carbocycles. The molecule has 0 radical (unpaired) electrons. The van der Waals surface area contributed by atoms with Crippen LogP contribution >= 0.6 is 22.9 Å². The molecule has 6 heteroatoms. The minimum atomic E-state index is -3.20. The zero-order chi connectivity index (χ0) is 11.3.